The summed E-state index contributed by atoms with van der Waals surface area (Å²) in [6, 6.07) is -1.88. The van der Waals surface area contributed by atoms with Gasteiger partial charge >= 0.3 is 43.3 Å². The van der Waals surface area contributed by atoms with Crippen LogP contribution in [-0.4, -0.2) is 192 Å². The Bertz CT molecular complexity index is 1560. The summed E-state index contributed by atoms with van der Waals surface area (Å²) >= 11 is 0. The molecule has 1 saturated carbocycles. The maximum absolute atomic E-state index is 14.2. The average Bonchev–Trinajstić information content (AvgIpc) is 3.37. The summed E-state index contributed by atoms with van der Waals surface area (Å²) in [5, 5.41) is 120. The number of hydrogen-bond acceptors (Lipinski definition) is 22. The van der Waals surface area contributed by atoms with Crippen LogP contribution in [0.2, 0.25) is 0 Å². The fraction of sp³-hybridized carbons (Fsp3) is 0.939. The number of carbonyl (C=O) groups is 1. The fourth-order valence-corrected chi connectivity index (χ4v) is 10.1. The number of hydrogen-bond donors (Lipinski definition) is 12. The minimum atomic E-state index is -5.87. The molecule has 0 radical (unpaired) electrons. The summed E-state index contributed by atoms with van der Waals surface area (Å²) < 4.78 is 58.6. The summed E-state index contributed by atoms with van der Waals surface area (Å²) in [6.45, 7) is 1.01. The van der Waals surface area contributed by atoms with E-state index in [0.717, 1.165) is 51.4 Å². The van der Waals surface area contributed by atoms with Crippen LogP contribution < -0.4 is 40.4 Å². The van der Waals surface area contributed by atoms with E-state index in [1.807, 2.05) is 0 Å². The van der Waals surface area contributed by atoms with Gasteiger partial charge in [-0.3, -0.25) is 9.32 Å². The second kappa shape index (κ2) is 37.4. The molecule has 3 rings (SSSR count). The van der Waals surface area contributed by atoms with Gasteiger partial charge in [0.05, 0.1) is 38.2 Å². The molecule has 13 N–H and O–H groups in total. The normalized spacial score (nSPS) is 33.7. The van der Waals surface area contributed by atoms with E-state index in [1.165, 1.54) is 83.3 Å². The second-order valence-corrected chi connectivity index (χ2v) is 21.1. The zero-order chi connectivity index (χ0) is 54.0. The molecule has 0 aromatic heterocycles. The molecule has 18 atom stereocenters. The molecule has 0 aromatic carbocycles. The van der Waals surface area contributed by atoms with Crippen LogP contribution in [0, 0.1) is 0 Å². The number of phosphoric ester groups is 1. The first-order valence-electron chi connectivity index (χ1n) is 26.7. The van der Waals surface area contributed by atoms with Crippen LogP contribution in [0.15, 0.2) is 12.3 Å². The van der Waals surface area contributed by atoms with Gasteiger partial charge < -0.3 is 95.2 Å². The Morgan fingerprint density at radius 2 is 1.15 bits per heavy atom. The first-order valence-corrected chi connectivity index (χ1v) is 28.2. The van der Waals surface area contributed by atoms with E-state index in [1.54, 1.807) is 6.08 Å². The summed E-state index contributed by atoms with van der Waals surface area (Å²) in [7, 11) is -5.87. The van der Waals surface area contributed by atoms with E-state index in [9.17, 15) is 70.4 Å². The Balaban J connectivity index is 0.0000187. The van der Waals surface area contributed by atoms with E-state index in [-0.39, 0.29) is 36.0 Å². The number of aliphatic hydroxyl groups is 10. The fourth-order valence-electron chi connectivity index (χ4n) is 9.03. The topological polar surface area (TPSA) is 380 Å². The van der Waals surface area contributed by atoms with Crippen LogP contribution in [0.1, 0.15) is 162 Å². The monoisotopic (exact) mass is 1100 g/mol. The average molecular weight is 1100 g/mol. The minimum Gasteiger partial charge on any atom is -0.848 e. The standard InChI is InChI=1S/C49H91NO22P.Na/c1-3-5-7-9-11-13-15-17-19-21-23-25-27-65-32(30-66-35(53)26-24-22-20-18-16-14-12-10-8-6-4-2)31-67-73(63,64)72-49(71-47-36(50)39(56)37(54)33(28-51)68-47)45(62)42(59)41(58)43(60)46(49)70-48-44(61)40(57)38(55)34(29-52)69-48;/h25,27,32-34,36-48,51-52,54-59,61-62H,3-24,26,28-31,50H2,1-2H3,(H,63,64);/q-1;+1/b27-25+;/t32-,33-,34-,36-,37-,38-,39-,40+,41-,42-,43+,44+,45+,46+,47-,48-,49+;/m1./s1. The molecular weight excluding hydrogens is 1010 g/mol. The smallest absolute Gasteiger partial charge is 0.848 e. The third kappa shape index (κ3) is 22.6. The van der Waals surface area contributed by atoms with Crippen molar-refractivity contribution in [1.82, 2.24) is 0 Å². The predicted molar refractivity (Wildman–Crippen MR) is 259 cm³/mol. The number of carbonyl (C=O) groups excluding carboxylic acids is 1. The summed E-state index contributed by atoms with van der Waals surface area (Å²) in [6.07, 6.45) is -5.82. The molecule has 3 fully saturated rings. The SMILES string of the molecule is CCCCCCCCCCCC/C=C/O[C@H](COC(=O)CCCCCCCCCCCCC)COP(=O)(O)O[C@@]1(O[C@H]2O[C@H](CO)[C@@H](O)[C@H](O)[C@H]2N)[C@@H](O)[C@H](O)[C@@H](O)[C@H]([O-])[C@@H]1O[C@H]1O[C@H](CO)[C@@H](O)[C@H](O)[C@@H]1O.[Na+]. The van der Waals surface area contributed by atoms with Gasteiger partial charge in [-0.05, 0) is 25.3 Å². The first kappa shape index (κ1) is 69.6. The Hall–Kier alpha value is -0.520. The van der Waals surface area contributed by atoms with Crippen molar-refractivity contribution in [2.45, 2.75) is 265 Å². The van der Waals surface area contributed by atoms with Gasteiger partial charge in [0.2, 0.25) is 5.79 Å². The minimum absolute atomic E-state index is 0. The van der Waals surface area contributed by atoms with Gasteiger partial charge in [-0.2, -0.15) is 0 Å². The summed E-state index contributed by atoms with van der Waals surface area (Å²) in [4.78, 5) is 24.3. The molecular formula is C49H91NNaO22P. The number of esters is 1. The largest absolute Gasteiger partial charge is 1.00 e. The number of nitrogens with two attached hydrogens (primary N) is 1. The maximum Gasteiger partial charge on any atom is 1.00 e. The van der Waals surface area contributed by atoms with Crippen molar-refractivity contribution in [3.63, 3.8) is 0 Å². The summed E-state index contributed by atoms with van der Waals surface area (Å²) in [5.41, 5.74) is 6.10. The third-order valence-corrected chi connectivity index (χ3v) is 14.7. The van der Waals surface area contributed by atoms with Gasteiger partial charge in [-0.15, -0.1) is 0 Å². The van der Waals surface area contributed by atoms with Crippen molar-refractivity contribution in [3.05, 3.63) is 12.3 Å². The number of rotatable bonds is 38. The van der Waals surface area contributed by atoms with Crippen molar-refractivity contribution in [2.24, 2.45) is 5.73 Å². The Labute approximate surface area is 458 Å². The van der Waals surface area contributed by atoms with Crippen LogP contribution in [0.5, 0.6) is 0 Å². The number of allylic oxidation sites excluding steroid dienone is 1. The van der Waals surface area contributed by atoms with Gasteiger partial charge in [-0.1, -0.05) is 142 Å². The molecule has 430 valence electrons. The van der Waals surface area contributed by atoms with Crippen LogP contribution in [0.4, 0.5) is 0 Å². The van der Waals surface area contributed by atoms with Gasteiger partial charge in [-0.25, -0.2) is 9.09 Å². The van der Waals surface area contributed by atoms with Crippen molar-refractivity contribution in [2.75, 3.05) is 26.4 Å². The van der Waals surface area contributed by atoms with Crippen LogP contribution >= 0.6 is 7.82 Å². The Morgan fingerprint density at radius 3 is 1.68 bits per heavy atom. The van der Waals surface area contributed by atoms with E-state index >= 15 is 0 Å². The predicted octanol–water partition coefficient (Wildman–Crippen LogP) is -1.93. The number of ether oxygens (including phenoxy) is 6. The third-order valence-electron chi connectivity index (χ3n) is 13.7. The maximum atomic E-state index is 14.2. The van der Waals surface area contributed by atoms with Crippen molar-refractivity contribution in [3.8, 4) is 0 Å². The molecule has 0 amide bonds. The molecule has 2 heterocycles. The molecule has 2 saturated heterocycles. The Morgan fingerprint density at radius 1 is 0.662 bits per heavy atom. The van der Waals surface area contributed by atoms with Crippen LogP contribution in [0.25, 0.3) is 0 Å². The quantitative estimate of drug-likeness (QED) is 0.00800. The van der Waals surface area contributed by atoms with Gasteiger partial charge in [0.25, 0.3) is 0 Å². The Kier molecular flexibility index (Phi) is 35.2. The summed E-state index contributed by atoms with van der Waals surface area (Å²) in [5.74, 6) is -4.19. The molecule has 74 heavy (non-hydrogen) atoms. The van der Waals surface area contributed by atoms with E-state index in [0.29, 0.717) is 12.8 Å². The zero-order valence-electron chi connectivity index (χ0n) is 43.9. The van der Waals surface area contributed by atoms with Crippen LogP contribution in [0.3, 0.4) is 0 Å². The molecule has 3 aliphatic rings. The second-order valence-electron chi connectivity index (χ2n) is 19.7. The number of aliphatic hydroxyl groups excluding tert-OH is 10. The molecule has 23 nitrogen and oxygen atoms in total. The van der Waals surface area contributed by atoms with Crippen LogP contribution in [-0.2, 0) is 46.8 Å². The van der Waals surface area contributed by atoms with Gasteiger partial charge in [0.15, 0.2) is 18.7 Å². The van der Waals surface area contributed by atoms with Crippen molar-refractivity contribution < 1.29 is 137 Å². The molecule has 25 heteroatoms. The zero-order valence-corrected chi connectivity index (χ0v) is 46.8. The van der Waals surface area contributed by atoms with E-state index < -0.39 is 144 Å². The van der Waals surface area contributed by atoms with Crippen molar-refractivity contribution in [1.29, 1.82) is 0 Å². The van der Waals surface area contributed by atoms with Crippen molar-refractivity contribution >= 4 is 13.8 Å². The molecule has 2 aliphatic heterocycles. The number of phosphoric acid groups is 1. The van der Waals surface area contributed by atoms with E-state index in [4.69, 9.17) is 43.2 Å². The molecule has 0 aromatic rings. The molecule has 1 unspecified atom stereocenters. The van der Waals surface area contributed by atoms with Gasteiger partial charge in [0.1, 0.15) is 67.6 Å². The number of unbranched alkanes of at least 4 members (excludes halogenated alkanes) is 20. The molecule has 1 aliphatic carbocycles. The van der Waals surface area contributed by atoms with Gasteiger partial charge in [0, 0.05) is 6.42 Å². The molecule has 0 spiro atoms. The first-order chi connectivity index (χ1) is 34.9. The van der Waals surface area contributed by atoms with E-state index in [2.05, 4.69) is 13.8 Å². The molecule has 0 bridgehead atoms.